The highest BCUT2D eigenvalue weighted by Crippen LogP contribution is 2.20. The third-order valence-electron chi connectivity index (χ3n) is 2.56. The fourth-order valence-electron chi connectivity index (χ4n) is 1.51. The predicted molar refractivity (Wildman–Crippen MR) is 69.8 cm³/mol. The zero-order valence-electron chi connectivity index (χ0n) is 9.47. The molecule has 0 radical (unpaired) electrons. The minimum atomic E-state index is 0.797. The molecule has 0 saturated heterocycles. The molecule has 2 rings (SSSR count). The highest BCUT2D eigenvalue weighted by molar-refractivity contribution is 7.09. The maximum Gasteiger partial charge on any atom is 0.0798 e. The van der Waals surface area contributed by atoms with Gasteiger partial charge in [0.1, 0.15) is 0 Å². The number of thiazole rings is 1. The van der Waals surface area contributed by atoms with Crippen LogP contribution in [0.4, 0.5) is 11.4 Å². The van der Waals surface area contributed by atoms with Crippen LogP contribution >= 0.6 is 11.3 Å². The number of aryl methyl sites for hydroxylation is 1. The molecule has 0 aliphatic rings. The molecule has 0 fully saturated rings. The molecule has 0 spiro atoms. The van der Waals surface area contributed by atoms with E-state index in [2.05, 4.69) is 16.9 Å². The first-order valence-corrected chi connectivity index (χ1v) is 6.00. The molecule has 16 heavy (non-hydrogen) atoms. The van der Waals surface area contributed by atoms with Crippen LogP contribution in [-0.2, 0) is 6.54 Å². The first kappa shape index (κ1) is 11.0. The van der Waals surface area contributed by atoms with E-state index in [1.807, 2.05) is 36.7 Å². The van der Waals surface area contributed by atoms with Crippen LogP contribution in [0.15, 0.2) is 29.8 Å². The van der Waals surface area contributed by atoms with Crippen LogP contribution in [0.5, 0.6) is 0 Å². The summed E-state index contributed by atoms with van der Waals surface area (Å²) in [6.45, 7) is 2.93. The van der Waals surface area contributed by atoms with Gasteiger partial charge in [-0.05, 0) is 31.2 Å². The molecule has 84 valence electrons. The number of nitrogens with two attached hydrogens (primary N) is 1. The summed E-state index contributed by atoms with van der Waals surface area (Å²) in [6, 6.07) is 7.91. The van der Waals surface area contributed by atoms with Crippen molar-refractivity contribution < 1.29 is 0 Å². The van der Waals surface area contributed by atoms with Gasteiger partial charge in [-0.1, -0.05) is 0 Å². The first-order chi connectivity index (χ1) is 7.66. The van der Waals surface area contributed by atoms with Gasteiger partial charge >= 0.3 is 0 Å². The van der Waals surface area contributed by atoms with Crippen LogP contribution in [0.1, 0.15) is 10.6 Å². The van der Waals surface area contributed by atoms with Crippen LogP contribution in [0.2, 0.25) is 0 Å². The van der Waals surface area contributed by atoms with Gasteiger partial charge in [0.2, 0.25) is 0 Å². The first-order valence-electron chi connectivity index (χ1n) is 5.12. The Bertz CT molecular complexity index is 461. The molecular weight excluding hydrogens is 218 g/mol. The van der Waals surface area contributed by atoms with E-state index in [1.54, 1.807) is 11.3 Å². The second kappa shape index (κ2) is 4.53. The van der Waals surface area contributed by atoms with E-state index >= 15 is 0 Å². The minimum Gasteiger partial charge on any atom is -0.399 e. The Morgan fingerprint density at radius 1 is 1.31 bits per heavy atom. The second-order valence-corrected chi connectivity index (χ2v) is 4.75. The molecular formula is C12H15N3S. The van der Waals surface area contributed by atoms with Gasteiger partial charge in [-0.15, -0.1) is 11.3 Å². The van der Waals surface area contributed by atoms with Crippen molar-refractivity contribution in [3.8, 4) is 0 Å². The van der Waals surface area contributed by atoms with Gasteiger partial charge in [-0.25, -0.2) is 4.98 Å². The monoisotopic (exact) mass is 233 g/mol. The third-order valence-corrected chi connectivity index (χ3v) is 3.48. The van der Waals surface area contributed by atoms with E-state index in [9.17, 15) is 0 Å². The molecule has 0 unspecified atom stereocenters. The number of nitrogens with zero attached hydrogens (tertiary/aromatic N) is 2. The molecule has 1 aromatic carbocycles. The molecule has 0 atom stereocenters. The van der Waals surface area contributed by atoms with Crippen molar-refractivity contribution in [3.63, 3.8) is 0 Å². The largest absolute Gasteiger partial charge is 0.399 e. The van der Waals surface area contributed by atoms with E-state index < -0.39 is 0 Å². The van der Waals surface area contributed by atoms with Gasteiger partial charge in [0, 0.05) is 23.3 Å². The number of benzene rings is 1. The normalized spacial score (nSPS) is 10.4. The van der Waals surface area contributed by atoms with Crippen molar-refractivity contribution in [2.45, 2.75) is 13.5 Å². The molecule has 4 heteroatoms. The average Bonchev–Trinajstić information content (AvgIpc) is 2.65. The number of aromatic nitrogens is 1. The van der Waals surface area contributed by atoms with Gasteiger partial charge in [-0.2, -0.15) is 0 Å². The standard InChI is InChI=1S/C12H15N3S/c1-9-12(16-8-14-9)7-15(2)11-5-3-10(13)4-6-11/h3-6,8H,7,13H2,1-2H3. The summed E-state index contributed by atoms with van der Waals surface area (Å²) in [5, 5.41) is 0. The minimum absolute atomic E-state index is 0.797. The summed E-state index contributed by atoms with van der Waals surface area (Å²) in [5.41, 5.74) is 10.6. The molecule has 1 heterocycles. The molecule has 0 amide bonds. The molecule has 2 N–H and O–H groups in total. The lowest BCUT2D eigenvalue weighted by Gasteiger charge is -2.18. The molecule has 1 aromatic heterocycles. The maximum absolute atomic E-state index is 5.66. The Morgan fingerprint density at radius 2 is 2.00 bits per heavy atom. The van der Waals surface area contributed by atoms with Crippen molar-refractivity contribution in [2.75, 3.05) is 17.7 Å². The summed E-state index contributed by atoms with van der Waals surface area (Å²) in [5.74, 6) is 0. The second-order valence-electron chi connectivity index (χ2n) is 3.81. The fraction of sp³-hybridized carbons (Fsp3) is 0.250. The number of nitrogen functional groups attached to an aromatic ring is 1. The Hall–Kier alpha value is -1.55. The van der Waals surface area contributed by atoms with Crippen molar-refractivity contribution in [3.05, 3.63) is 40.3 Å². The summed E-state index contributed by atoms with van der Waals surface area (Å²) in [4.78, 5) is 7.75. The molecule has 0 saturated carbocycles. The number of hydrogen-bond acceptors (Lipinski definition) is 4. The van der Waals surface area contributed by atoms with E-state index in [4.69, 9.17) is 5.73 Å². The third kappa shape index (κ3) is 2.33. The number of rotatable bonds is 3. The summed E-state index contributed by atoms with van der Waals surface area (Å²) in [7, 11) is 2.07. The Kier molecular flexibility index (Phi) is 3.10. The SMILES string of the molecule is Cc1ncsc1CN(C)c1ccc(N)cc1. The van der Waals surface area contributed by atoms with Gasteiger partial charge < -0.3 is 10.6 Å². The summed E-state index contributed by atoms with van der Waals surface area (Å²) in [6.07, 6.45) is 0. The fourth-order valence-corrected chi connectivity index (χ4v) is 2.34. The molecule has 2 aromatic rings. The van der Waals surface area contributed by atoms with Crippen molar-refractivity contribution in [2.24, 2.45) is 0 Å². The van der Waals surface area contributed by atoms with Crippen LogP contribution in [0.3, 0.4) is 0 Å². The van der Waals surface area contributed by atoms with Crippen molar-refractivity contribution in [1.82, 2.24) is 4.98 Å². The van der Waals surface area contributed by atoms with Gasteiger partial charge in [-0.3, -0.25) is 0 Å². The summed E-state index contributed by atoms with van der Waals surface area (Å²) < 4.78 is 0. The van der Waals surface area contributed by atoms with Crippen LogP contribution < -0.4 is 10.6 Å². The number of hydrogen-bond donors (Lipinski definition) is 1. The maximum atomic E-state index is 5.66. The predicted octanol–water partition coefficient (Wildman–Crippen LogP) is 2.67. The highest BCUT2D eigenvalue weighted by Gasteiger charge is 2.06. The Morgan fingerprint density at radius 3 is 2.56 bits per heavy atom. The van der Waals surface area contributed by atoms with Crippen molar-refractivity contribution >= 4 is 22.7 Å². The lowest BCUT2D eigenvalue weighted by atomic mass is 10.2. The van der Waals surface area contributed by atoms with Gasteiger partial charge in [0.25, 0.3) is 0 Å². The molecule has 0 aliphatic carbocycles. The Balaban J connectivity index is 2.11. The van der Waals surface area contributed by atoms with Crippen LogP contribution in [0, 0.1) is 6.92 Å². The van der Waals surface area contributed by atoms with E-state index in [0.29, 0.717) is 0 Å². The highest BCUT2D eigenvalue weighted by atomic mass is 32.1. The quantitative estimate of drug-likeness (QED) is 0.829. The van der Waals surface area contributed by atoms with E-state index in [-0.39, 0.29) is 0 Å². The molecule has 0 bridgehead atoms. The van der Waals surface area contributed by atoms with Crippen LogP contribution in [0.25, 0.3) is 0 Å². The van der Waals surface area contributed by atoms with E-state index in [1.165, 1.54) is 10.6 Å². The lowest BCUT2D eigenvalue weighted by molar-refractivity contribution is 0.926. The summed E-state index contributed by atoms with van der Waals surface area (Å²) >= 11 is 1.70. The van der Waals surface area contributed by atoms with Gasteiger partial charge in [0.05, 0.1) is 17.7 Å². The van der Waals surface area contributed by atoms with E-state index in [0.717, 1.165) is 17.9 Å². The molecule has 3 nitrogen and oxygen atoms in total. The van der Waals surface area contributed by atoms with Crippen molar-refractivity contribution in [1.29, 1.82) is 0 Å². The number of anilines is 2. The average molecular weight is 233 g/mol. The van der Waals surface area contributed by atoms with Crippen LogP contribution in [-0.4, -0.2) is 12.0 Å². The van der Waals surface area contributed by atoms with Gasteiger partial charge in [0.15, 0.2) is 0 Å². The topological polar surface area (TPSA) is 42.2 Å². The Labute approximate surface area is 99.5 Å². The molecule has 0 aliphatic heterocycles. The smallest absolute Gasteiger partial charge is 0.0798 e. The zero-order valence-corrected chi connectivity index (χ0v) is 10.3. The lowest BCUT2D eigenvalue weighted by Crippen LogP contribution is -2.16. The zero-order chi connectivity index (χ0) is 11.5.